The first-order chi connectivity index (χ1) is 43.9. The number of carbonyl (C=O) groups excluding carboxylic acids is 3. The van der Waals surface area contributed by atoms with Gasteiger partial charge in [0.15, 0.2) is 18.3 Å². The zero-order chi connectivity index (χ0) is 62.4. The van der Waals surface area contributed by atoms with Gasteiger partial charge in [0.1, 0.15) is 18.3 Å². The molecule has 18 nitrogen and oxygen atoms in total. The average Bonchev–Trinajstić information content (AvgIpc) is 0.787. The number of rotatable bonds is 30. The molecule has 0 aliphatic heterocycles. The highest BCUT2D eigenvalue weighted by Crippen LogP contribution is 2.61. The molecule has 0 radical (unpaired) electrons. The van der Waals surface area contributed by atoms with Crippen molar-refractivity contribution in [1.82, 2.24) is 0 Å². The third kappa shape index (κ3) is 18.7. The van der Waals surface area contributed by atoms with Crippen LogP contribution in [0.1, 0.15) is 64.5 Å². The molecule has 9 aromatic carbocycles. The molecule has 0 N–H and O–H groups in total. The van der Waals surface area contributed by atoms with Crippen LogP contribution in [0.2, 0.25) is 0 Å². The molecule has 0 saturated heterocycles. The molecule has 6 atom stereocenters. The van der Waals surface area contributed by atoms with Crippen LogP contribution in [0.15, 0.2) is 273 Å². The Morgan fingerprint density at radius 1 is 0.233 bits per heavy atom. The standard InChI is InChI=1S/C69H63O18P3/c70-67(58-40-22-7-23-41-58)82-61-62(83-68(71)59-42-24-8-25-43-59)64(85-88(73,76-46-52-28-10-1-11-29-52)77-47-53-30-12-2-13-31-53)66(87-90(75,80-50-56-36-18-5-19-37-56)81-51-57-38-20-6-21-39-57)65(63(61)84-69(72)60-44-26-9-27-45-60)86-89(74,78-48-54-32-14-3-15-33-54)79-49-55-34-16-4-17-35-55/h1-45,61-66H,46-51H2/t61?,62-,63+,64+,65-,66?. The van der Waals surface area contributed by atoms with Gasteiger partial charge in [-0.2, -0.15) is 0 Å². The first-order valence-electron chi connectivity index (χ1n) is 28.6. The van der Waals surface area contributed by atoms with E-state index in [1.165, 1.54) is 36.4 Å². The lowest BCUT2D eigenvalue weighted by atomic mass is 9.84. The molecular weight excluding hydrogens is 1210 g/mol. The third-order valence-corrected chi connectivity index (χ3v) is 18.0. The summed E-state index contributed by atoms with van der Waals surface area (Å²) in [4.78, 5) is 45.1. The Morgan fingerprint density at radius 3 is 0.578 bits per heavy atom. The molecule has 1 fully saturated rings. The van der Waals surface area contributed by atoms with Crippen molar-refractivity contribution < 1.29 is 83.0 Å². The predicted octanol–water partition coefficient (Wildman–Crippen LogP) is 15.5. The summed E-state index contributed by atoms with van der Waals surface area (Å²) in [7, 11) is -15.9. The fourth-order valence-corrected chi connectivity index (χ4v) is 13.3. The number of hydrogen-bond donors (Lipinski definition) is 0. The smallest absolute Gasteiger partial charge is 0.452 e. The zero-order valence-corrected chi connectivity index (χ0v) is 51.1. The lowest BCUT2D eigenvalue weighted by Gasteiger charge is -2.48. The molecule has 10 rings (SSSR count). The van der Waals surface area contributed by atoms with Crippen LogP contribution in [0.25, 0.3) is 0 Å². The molecule has 21 heteroatoms. The zero-order valence-electron chi connectivity index (χ0n) is 48.4. The molecule has 9 aromatic rings. The molecule has 0 spiro atoms. The van der Waals surface area contributed by atoms with Gasteiger partial charge in [-0.15, -0.1) is 0 Å². The highest BCUT2D eigenvalue weighted by Gasteiger charge is 2.63. The molecule has 1 aliphatic rings. The third-order valence-electron chi connectivity index (χ3n) is 13.8. The Hall–Kier alpha value is -8.28. The van der Waals surface area contributed by atoms with E-state index in [2.05, 4.69) is 0 Å². The van der Waals surface area contributed by atoms with Gasteiger partial charge in [-0.05, 0) is 69.8 Å². The highest BCUT2D eigenvalue weighted by atomic mass is 31.2. The van der Waals surface area contributed by atoms with Crippen LogP contribution in [-0.4, -0.2) is 54.5 Å². The maximum absolute atomic E-state index is 16.3. The monoisotopic (exact) mass is 1270 g/mol. The Bertz CT molecular complexity index is 3520. The van der Waals surface area contributed by atoms with Crippen LogP contribution in [0.4, 0.5) is 0 Å². The summed E-state index contributed by atoms with van der Waals surface area (Å²) < 4.78 is 126. The van der Waals surface area contributed by atoms with Gasteiger partial charge in [0.25, 0.3) is 0 Å². The molecule has 90 heavy (non-hydrogen) atoms. The van der Waals surface area contributed by atoms with E-state index < -0.39 is 118 Å². The number of carbonyl (C=O) groups is 3. The summed E-state index contributed by atoms with van der Waals surface area (Å²) >= 11 is 0. The molecule has 0 bridgehead atoms. The average molecular weight is 1270 g/mol. The van der Waals surface area contributed by atoms with Crippen molar-refractivity contribution in [3.05, 3.63) is 323 Å². The second-order valence-electron chi connectivity index (χ2n) is 20.3. The minimum Gasteiger partial charge on any atom is -0.452 e. The summed E-state index contributed by atoms with van der Waals surface area (Å²) in [6.07, 6.45) is -13.6. The van der Waals surface area contributed by atoms with E-state index in [0.717, 1.165) is 0 Å². The maximum atomic E-state index is 16.3. The highest BCUT2D eigenvalue weighted by molar-refractivity contribution is 7.49. The van der Waals surface area contributed by atoms with E-state index in [-0.39, 0.29) is 16.7 Å². The summed E-state index contributed by atoms with van der Waals surface area (Å²) in [5, 5.41) is 0. The number of phosphoric ester groups is 3. The van der Waals surface area contributed by atoms with Crippen molar-refractivity contribution in [3.8, 4) is 0 Å². The Labute approximate surface area is 521 Å². The molecular formula is C69H63O18P3. The molecule has 462 valence electrons. The fourth-order valence-electron chi connectivity index (χ4n) is 9.29. The van der Waals surface area contributed by atoms with Crippen LogP contribution >= 0.6 is 23.5 Å². The first-order valence-corrected chi connectivity index (χ1v) is 33.0. The van der Waals surface area contributed by atoms with Crippen LogP contribution in [-0.2, 0) is 108 Å². The van der Waals surface area contributed by atoms with Gasteiger partial charge in [-0.3, -0.25) is 40.7 Å². The van der Waals surface area contributed by atoms with E-state index >= 15 is 23.3 Å². The molecule has 0 amide bonds. The molecule has 1 saturated carbocycles. The van der Waals surface area contributed by atoms with Crippen LogP contribution in [0.5, 0.6) is 0 Å². The van der Waals surface area contributed by atoms with Crippen LogP contribution in [0.3, 0.4) is 0 Å². The molecule has 2 unspecified atom stereocenters. The Morgan fingerprint density at radius 2 is 0.389 bits per heavy atom. The van der Waals surface area contributed by atoms with Gasteiger partial charge in [-0.1, -0.05) is 237 Å². The number of benzene rings is 9. The van der Waals surface area contributed by atoms with E-state index in [4.69, 9.17) is 54.9 Å². The minimum absolute atomic E-state index is 0.0497. The van der Waals surface area contributed by atoms with Crippen molar-refractivity contribution in [2.75, 3.05) is 0 Å². The van der Waals surface area contributed by atoms with Crippen LogP contribution in [0, 0.1) is 0 Å². The molecule has 0 aromatic heterocycles. The number of phosphoric acid groups is 3. The molecule has 1 aliphatic carbocycles. The predicted molar refractivity (Wildman–Crippen MR) is 332 cm³/mol. The van der Waals surface area contributed by atoms with Gasteiger partial charge in [-0.25, -0.2) is 28.1 Å². The van der Waals surface area contributed by atoms with Gasteiger partial charge in [0, 0.05) is 0 Å². The summed E-state index contributed by atoms with van der Waals surface area (Å²) in [5.74, 6) is -3.29. The Kier molecular flexibility index (Phi) is 23.0. The quantitative estimate of drug-likeness (QED) is 0.0232. The lowest BCUT2D eigenvalue weighted by molar-refractivity contribution is -0.216. The second-order valence-corrected chi connectivity index (χ2v) is 25.2. The van der Waals surface area contributed by atoms with Crippen molar-refractivity contribution in [3.63, 3.8) is 0 Å². The summed E-state index contributed by atoms with van der Waals surface area (Å²) in [6.45, 7) is -2.61. The maximum Gasteiger partial charge on any atom is 0.475 e. The fraction of sp³-hybridized carbons (Fsp3) is 0.174. The topological polar surface area (TPSA) is 213 Å². The normalized spacial score (nSPS) is 17.6. The van der Waals surface area contributed by atoms with Crippen molar-refractivity contribution in [1.29, 1.82) is 0 Å². The van der Waals surface area contributed by atoms with Gasteiger partial charge in [0.05, 0.1) is 56.3 Å². The van der Waals surface area contributed by atoms with Crippen molar-refractivity contribution in [2.24, 2.45) is 0 Å². The van der Waals surface area contributed by atoms with Gasteiger partial charge >= 0.3 is 41.4 Å². The van der Waals surface area contributed by atoms with E-state index in [1.807, 2.05) is 0 Å². The Balaban J connectivity index is 1.22. The van der Waals surface area contributed by atoms with Gasteiger partial charge < -0.3 is 14.2 Å². The van der Waals surface area contributed by atoms with E-state index in [0.29, 0.717) is 33.4 Å². The number of ether oxygens (including phenoxy) is 3. The largest absolute Gasteiger partial charge is 0.475 e. The van der Waals surface area contributed by atoms with Crippen molar-refractivity contribution >= 4 is 41.4 Å². The van der Waals surface area contributed by atoms with E-state index in [1.54, 1.807) is 237 Å². The summed E-state index contributed by atoms with van der Waals surface area (Å²) in [6, 6.07) is 74.6. The SMILES string of the molecule is O=C(OC1[C@@H](OC(=O)c2ccccc2)[C@H](OP(=O)(OCc2ccccc2)OCc2ccccc2)C(OP(=O)(OCc2ccccc2)OCc2ccccc2)[C@H](OP(=O)(OCc2ccccc2)OCc2ccccc2)[C@H]1OC(=O)c1ccccc1)c1ccccc1. The minimum atomic E-state index is -5.30. The summed E-state index contributed by atoms with van der Waals surface area (Å²) in [5.41, 5.74) is 2.81. The number of esters is 3. The first kappa shape index (κ1) is 64.7. The lowest BCUT2D eigenvalue weighted by Crippen LogP contribution is -2.68. The van der Waals surface area contributed by atoms with Crippen molar-refractivity contribution in [2.45, 2.75) is 76.3 Å². The van der Waals surface area contributed by atoms with E-state index in [9.17, 15) is 4.79 Å². The number of hydrogen-bond acceptors (Lipinski definition) is 18. The van der Waals surface area contributed by atoms with Crippen LogP contribution < -0.4 is 0 Å². The van der Waals surface area contributed by atoms with Gasteiger partial charge in [0.2, 0.25) is 0 Å². The second kappa shape index (κ2) is 31.9. The molecule has 0 heterocycles.